The van der Waals surface area contributed by atoms with Gasteiger partial charge in [-0.15, -0.1) is 0 Å². The van der Waals surface area contributed by atoms with E-state index < -0.39 is 110 Å². The first-order chi connectivity index (χ1) is 15.4. The van der Waals surface area contributed by atoms with E-state index in [1.54, 1.807) is 0 Å². The van der Waals surface area contributed by atoms with Crippen molar-refractivity contribution in [3.63, 3.8) is 0 Å². The van der Waals surface area contributed by atoms with Gasteiger partial charge in [-0.3, -0.25) is 30.1 Å². The van der Waals surface area contributed by atoms with Crippen LogP contribution >= 0.6 is 0 Å². The molecule has 1 aliphatic rings. The molecule has 0 spiro atoms. The summed E-state index contributed by atoms with van der Waals surface area (Å²) in [5.41, 5.74) is 0. The number of hydrogen-bond donors (Lipinski definition) is 5. The summed E-state index contributed by atoms with van der Waals surface area (Å²) >= 11 is 0. The van der Waals surface area contributed by atoms with Crippen molar-refractivity contribution in [2.75, 3.05) is 26.2 Å². The fourth-order valence-electron chi connectivity index (χ4n) is 2.49. The number of carbonyl (C=O) groups excluding carboxylic acids is 3. The van der Waals surface area contributed by atoms with Gasteiger partial charge in [-0.2, -0.15) is 0 Å². The molecule has 1 heterocycles. The second-order valence-corrected chi connectivity index (χ2v) is 6.63. The summed E-state index contributed by atoms with van der Waals surface area (Å²) in [5.74, 6) is -3.24. The number of esters is 3. The van der Waals surface area contributed by atoms with Crippen LogP contribution in [-0.4, -0.2) is 116 Å². The molecule has 0 aromatic rings. The highest BCUT2D eigenvalue weighted by atomic mass is 16.8. The molecule has 1 aliphatic heterocycles. The lowest BCUT2D eigenvalue weighted by molar-refractivity contribution is -0.296. The summed E-state index contributed by atoms with van der Waals surface area (Å²) < 4.78 is 19.8. The Morgan fingerprint density at radius 1 is 0.758 bits per heavy atom. The molecule has 18 nitrogen and oxygen atoms in total. The van der Waals surface area contributed by atoms with Crippen LogP contribution in [0.2, 0.25) is 0 Å². The smallest absolute Gasteiger partial charge is 0.309 e. The van der Waals surface area contributed by atoms with Gasteiger partial charge in [0.2, 0.25) is 6.29 Å². The van der Waals surface area contributed by atoms with E-state index in [1.807, 2.05) is 0 Å². The second-order valence-electron chi connectivity index (χ2n) is 6.63. The van der Waals surface area contributed by atoms with Crippen LogP contribution in [0.25, 0.3) is 0 Å². The molecule has 5 unspecified atom stereocenters. The van der Waals surface area contributed by atoms with E-state index in [-0.39, 0.29) is 0 Å². The Bertz CT molecular complexity index is 634. The van der Waals surface area contributed by atoms with Crippen LogP contribution in [0.5, 0.6) is 0 Å². The molecule has 1 saturated heterocycles. The molecule has 192 valence electrons. The van der Waals surface area contributed by atoms with Crippen molar-refractivity contribution in [3.05, 3.63) is 15.6 Å². The monoisotopic (exact) mass is 486 g/mol. The van der Waals surface area contributed by atoms with Crippen LogP contribution in [0.3, 0.4) is 0 Å². The number of ether oxygens (including phenoxy) is 4. The average molecular weight is 486 g/mol. The van der Waals surface area contributed by atoms with Crippen LogP contribution in [0.4, 0.5) is 0 Å². The van der Waals surface area contributed by atoms with Crippen LogP contribution < -0.4 is 0 Å². The molecule has 33 heavy (non-hydrogen) atoms. The van der Waals surface area contributed by atoms with Crippen LogP contribution in [-0.2, 0) is 33.3 Å². The molecule has 1 rings (SSSR count). The van der Waals surface area contributed by atoms with E-state index in [4.69, 9.17) is 34.6 Å². The lowest BCUT2D eigenvalue weighted by atomic mass is 9.99. The van der Waals surface area contributed by atoms with Crippen molar-refractivity contribution < 1.29 is 59.2 Å². The third-order valence-electron chi connectivity index (χ3n) is 4.09. The molecule has 1 fully saturated rings. The van der Waals surface area contributed by atoms with Crippen LogP contribution in [0, 0.1) is 15.6 Å². The highest BCUT2D eigenvalue weighted by Gasteiger charge is 2.48. The van der Waals surface area contributed by atoms with Gasteiger partial charge >= 0.3 is 17.9 Å². The Labute approximate surface area is 185 Å². The summed E-state index contributed by atoms with van der Waals surface area (Å²) in [6.07, 6.45) is -10.8. The van der Waals surface area contributed by atoms with E-state index in [1.165, 1.54) is 0 Å². The number of rotatable bonds is 13. The standard InChI is InChI=1S/C15H24N3O15/c19-9(1-4-16(24)25)30-7-8-14(32-10(20)2-5-17(26)27)12(22)13(23)15(31-8)33-11(21)3-6-18(28)29/h8,12-15,22-24,26,28H,1-7H2/q-3. The lowest BCUT2D eigenvalue weighted by Crippen LogP contribution is -2.61. The Balaban J connectivity index is 2.86. The molecule has 0 aromatic carbocycles. The van der Waals surface area contributed by atoms with Gasteiger partial charge in [0.25, 0.3) is 0 Å². The number of hydrogen-bond acceptors (Lipinski definition) is 18. The summed E-state index contributed by atoms with van der Waals surface area (Å²) in [4.78, 5) is 35.3. The first kappa shape index (κ1) is 29.0. The zero-order valence-corrected chi connectivity index (χ0v) is 17.0. The Morgan fingerprint density at radius 3 is 1.70 bits per heavy atom. The summed E-state index contributed by atoms with van der Waals surface area (Å²) in [7, 11) is 0. The minimum absolute atomic E-state index is 0.519. The Morgan fingerprint density at radius 2 is 1.21 bits per heavy atom. The largest absolute Gasteiger partial charge is 0.762 e. The van der Waals surface area contributed by atoms with Gasteiger partial charge in [0.15, 0.2) is 6.10 Å². The van der Waals surface area contributed by atoms with Crippen molar-refractivity contribution in [1.29, 1.82) is 0 Å². The number of hydroxylamine groups is 6. The van der Waals surface area contributed by atoms with Gasteiger partial charge in [0, 0.05) is 19.6 Å². The molecule has 0 aliphatic carbocycles. The Hall–Kier alpha value is -2.07. The normalized spacial score (nSPS) is 25.4. The maximum Gasteiger partial charge on any atom is 0.309 e. The number of carbonyl (C=O) groups is 3. The number of aliphatic hydroxyl groups is 2. The average Bonchev–Trinajstić information content (AvgIpc) is 2.73. The van der Waals surface area contributed by atoms with E-state index in [9.17, 15) is 40.2 Å². The van der Waals surface area contributed by atoms with Crippen LogP contribution in [0.1, 0.15) is 19.3 Å². The predicted octanol–water partition coefficient (Wildman–Crippen LogP) is -2.83. The van der Waals surface area contributed by atoms with E-state index in [0.29, 0.717) is 0 Å². The van der Waals surface area contributed by atoms with Crippen molar-refractivity contribution in [2.24, 2.45) is 0 Å². The fraction of sp³-hybridized carbons (Fsp3) is 0.800. The third-order valence-corrected chi connectivity index (χ3v) is 4.09. The van der Waals surface area contributed by atoms with Crippen LogP contribution in [0.15, 0.2) is 0 Å². The Kier molecular flexibility index (Phi) is 12.5. The van der Waals surface area contributed by atoms with Gasteiger partial charge in [-0.1, -0.05) is 0 Å². The van der Waals surface area contributed by atoms with Gasteiger partial charge < -0.3 is 60.4 Å². The molecule has 0 bridgehead atoms. The number of aliphatic hydroxyl groups excluding tert-OH is 2. The van der Waals surface area contributed by atoms with Crippen molar-refractivity contribution in [3.8, 4) is 0 Å². The first-order valence-electron chi connectivity index (χ1n) is 9.37. The maximum atomic E-state index is 11.9. The summed E-state index contributed by atoms with van der Waals surface area (Å²) in [6, 6.07) is 0. The minimum atomic E-state index is -1.98. The second kappa shape index (κ2) is 14.2. The van der Waals surface area contributed by atoms with Crippen molar-refractivity contribution in [1.82, 2.24) is 15.7 Å². The highest BCUT2D eigenvalue weighted by molar-refractivity contribution is 5.70. The molecular weight excluding hydrogens is 462 g/mol. The lowest BCUT2D eigenvalue weighted by Gasteiger charge is -2.41. The molecular formula is C15H24N3O15-3. The summed E-state index contributed by atoms with van der Waals surface area (Å²) in [6.45, 7) is -2.72. The highest BCUT2D eigenvalue weighted by Crippen LogP contribution is 2.26. The molecule has 0 aromatic heterocycles. The molecule has 0 radical (unpaired) electrons. The topological polar surface area (TPSA) is 268 Å². The van der Waals surface area contributed by atoms with E-state index in [2.05, 4.69) is 0 Å². The van der Waals surface area contributed by atoms with E-state index >= 15 is 0 Å². The first-order valence-corrected chi connectivity index (χ1v) is 9.37. The molecule has 0 amide bonds. The van der Waals surface area contributed by atoms with Gasteiger partial charge in [-0.05, 0) is 0 Å². The summed E-state index contributed by atoms with van der Waals surface area (Å²) in [5, 5.41) is 75.9. The van der Waals surface area contributed by atoms with Crippen molar-refractivity contribution in [2.45, 2.75) is 50.0 Å². The molecule has 18 heteroatoms. The molecule has 5 atom stereocenters. The van der Waals surface area contributed by atoms with Gasteiger partial charge in [0.05, 0.1) is 19.3 Å². The van der Waals surface area contributed by atoms with Crippen molar-refractivity contribution >= 4 is 17.9 Å². The zero-order valence-electron chi connectivity index (χ0n) is 17.0. The quantitative estimate of drug-likeness (QED) is 0.0996. The minimum Gasteiger partial charge on any atom is -0.762 e. The SMILES string of the molecule is O=C(CCN([O-])O)OCC1OC(OC(=O)CCN([O-])O)C(O)C(O)C1OC(=O)CCN([O-])O. The third kappa shape index (κ3) is 11.1. The maximum absolute atomic E-state index is 11.9. The molecule has 5 N–H and O–H groups in total. The fourth-order valence-corrected chi connectivity index (χ4v) is 2.49. The van der Waals surface area contributed by atoms with Gasteiger partial charge in [-0.25, -0.2) is 0 Å². The van der Waals surface area contributed by atoms with Gasteiger partial charge in [0.1, 0.15) is 24.9 Å². The number of nitrogens with zero attached hydrogens (tertiary/aromatic N) is 3. The molecule has 0 saturated carbocycles. The van der Waals surface area contributed by atoms with E-state index in [0.717, 1.165) is 0 Å². The zero-order chi connectivity index (χ0) is 25.1. The predicted molar refractivity (Wildman–Crippen MR) is 97.0 cm³/mol.